The average molecular weight is 258 g/mol. The molecule has 19 heavy (non-hydrogen) atoms. The highest BCUT2D eigenvalue weighted by atomic mass is 16.5. The van der Waals surface area contributed by atoms with Crippen molar-refractivity contribution in [3.8, 4) is 0 Å². The van der Waals surface area contributed by atoms with E-state index in [1.54, 1.807) is 0 Å². The van der Waals surface area contributed by atoms with Gasteiger partial charge in [-0.05, 0) is 24.4 Å². The third-order valence-corrected chi connectivity index (χ3v) is 3.62. The number of nitrogens with zero attached hydrogens (tertiary/aromatic N) is 1. The van der Waals surface area contributed by atoms with Crippen LogP contribution in [0.25, 0.3) is 10.9 Å². The second-order valence-corrected chi connectivity index (χ2v) is 4.77. The molecule has 0 amide bonds. The van der Waals surface area contributed by atoms with Gasteiger partial charge in [-0.25, -0.2) is 0 Å². The fourth-order valence-corrected chi connectivity index (χ4v) is 2.66. The molecule has 0 radical (unpaired) electrons. The lowest BCUT2D eigenvalue weighted by Gasteiger charge is -2.24. The van der Waals surface area contributed by atoms with E-state index in [0.29, 0.717) is 19.7 Å². The van der Waals surface area contributed by atoms with E-state index in [1.165, 1.54) is 0 Å². The molecule has 1 N–H and O–H groups in total. The molecule has 1 atom stereocenters. The van der Waals surface area contributed by atoms with Crippen molar-refractivity contribution in [3.05, 3.63) is 46.2 Å². The van der Waals surface area contributed by atoms with Crippen LogP contribution in [0.15, 0.2) is 35.1 Å². The molecule has 100 valence electrons. The molecule has 1 aliphatic heterocycles. The van der Waals surface area contributed by atoms with Crippen LogP contribution < -0.4 is 10.9 Å². The monoisotopic (exact) mass is 258 g/mol. The first-order chi connectivity index (χ1) is 9.31. The van der Waals surface area contributed by atoms with Crippen LogP contribution in [0.5, 0.6) is 0 Å². The molecule has 4 nitrogen and oxygen atoms in total. The van der Waals surface area contributed by atoms with Gasteiger partial charge in [-0.3, -0.25) is 4.79 Å². The Bertz CT molecular complexity index is 642. The molecule has 1 aliphatic rings. The highest BCUT2D eigenvalue weighted by molar-refractivity contribution is 5.79. The number of fused-ring (bicyclic) bond motifs is 1. The molecule has 1 unspecified atom stereocenters. The zero-order valence-corrected chi connectivity index (χ0v) is 11.1. The number of para-hydroxylation sites is 1. The molecule has 1 saturated heterocycles. The molecule has 3 rings (SSSR count). The Morgan fingerprint density at radius 1 is 1.42 bits per heavy atom. The van der Waals surface area contributed by atoms with Crippen LogP contribution in [0.1, 0.15) is 18.6 Å². The Balaban J connectivity index is 2.19. The Hall–Kier alpha value is -1.65. The van der Waals surface area contributed by atoms with Gasteiger partial charge in [0.05, 0.1) is 12.1 Å². The fourth-order valence-electron chi connectivity index (χ4n) is 2.66. The molecular weight excluding hydrogens is 240 g/mol. The van der Waals surface area contributed by atoms with Crippen LogP contribution in [0.4, 0.5) is 0 Å². The second-order valence-electron chi connectivity index (χ2n) is 4.77. The van der Waals surface area contributed by atoms with E-state index in [-0.39, 0.29) is 11.7 Å². The largest absolute Gasteiger partial charge is 0.371 e. The Kier molecular flexibility index (Phi) is 3.36. The van der Waals surface area contributed by atoms with Crippen LogP contribution >= 0.6 is 0 Å². The molecule has 1 fully saturated rings. The quantitative estimate of drug-likeness (QED) is 0.891. The lowest BCUT2D eigenvalue weighted by Crippen LogP contribution is -2.37. The maximum absolute atomic E-state index is 12.6. The maximum Gasteiger partial charge on any atom is 0.256 e. The summed E-state index contributed by atoms with van der Waals surface area (Å²) in [5.41, 5.74) is 1.81. The van der Waals surface area contributed by atoms with Crippen molar-refractivity contribution in [3.63, 3.8) is 0 Å². The maximum atomic E-state index is 12.6. The van der Waals surface area contributed by atoms with Gasteiger partial charge in [-0.15, -0.1) is 0 Å². The zero-order chi connectivity index (χ0) is 13.2. The molecule has 0 aliphatic carbocycles. The molecule has 2 heterocycles. The van der Waals surface area contributed by atoms with Crippen molar-refractivity contribution >= 4 is 10.9 Å². The van der Waals surface area contributed by atoms with Crippen molar-refractivity contribution < 1.29 is 4.74 Å². The summed E-state index contributed by atoms with van der Waals surface area (Å²) in [6, 6.07) is 9.97. The van der Waals surface area contributed by atoms with E-state index in [2.05, 4.69) is 5.32 Å². The average Bonchev–Trinajstić information content (AvgIpc) is 2.47. The summed E-state index contributed by atoms with van der Waals surface area (Å²) in [7, 11) is 0. The molecular formula is C15H18N2O2. The Labute approximate surface area is 112 Å². The fraction of sp³-hybridized carbons (Fsp3) is 0.400. The van der Waals surface area contributed by atoms with Crippen LogP contribution in [0.2, 0.25) is 0 Å². The standard InChI is InChI=1S/C15H18N2O2/c1-2-17-13-6-4-3-5-11(13)9-12(15(17)18)14-10-16-7-8-19-14/h3-6,9,14,16H,2,7-8,10H2,1H3. The number of ether oxygens (including phenoxy) is 1. The van der Waals surface area contributed by atoms with E-state index in [4.69, 9.17) is 4.74 Å². The number of hydrogen-bond donors (Lipinski definition) is 1. The van der Waals surface area contributed by atoms with Gasteiger partial charge >= 0.3 is 0 Å². The number of aromatic nitrogens is 1. The first-order valence-electron chi connectivity index (χ1n) is 6.76. The van der Waals surface area contributed by atoms with E-state index >= 15 is 0 Å². The van der Waals surface area contributed by atoms with Gasteiger partial charge < -0.3 is 14.6 Å². The minimum absolute atomic E-state index is 0.0647. The zero-order valence-electron chi connectivity index (χ0n) is 11.1. The number of benzene rings is 1. The van der Waals surface area contributed by atoms with Crippen LogP contribution in [0, 0.1) is 0 Å². The third-order valence-electron chi connectivity index (χ3n) is 3.62. The number of rotatable bonds is 2. The minimum atomic E-state index is -0.136. The highest BCUT2D eigenvalue weighted by Gasteiger charge is 2.20. The molecule has 0 bridgehead atoms. The van der Waals surface area contributed by atoms with Gasteiger partial charge in [0.2, 0.25) is 0 Å². The number of nitrogens with one attached hydrogen (secondary N) is 1. The van der Waals surface area contributed by atoms with E-state index in [9.17, 15) is 4.79 Å². The number of aryl methyl sites for hydroxylation is 1. The summed E-state index contributed by atoms with van der Waals surface area (Å²) >= 11 is 0. The molecule has 1 aromatic heterocycles. The lowest BCUT2D eigenvalue weighted by atomic mass is 10.1. The molecule has 4 heteroatoms. The second kappa shape index (κ2) is 5.15. The molecule has 2 aromatic rings. The van der Waals surface area contributed by atoms with Gasteiger partial charge in [0.1, 0.15) is 6.10 Å². The summed E-state index contributed by atoms with van der Waals surface area (Å²) in [6.45, 7) is 4.89. The predicted octanol–water partition coefficient (Wildman–Crippen LogP) is 1.68. The summed E-state index contributed by atoms with van der Waals surface area (Å²) < 4.78 is 7.54. The number of pyridine rings is 1. The molecule has 1 aromatic carbocycles. The molecule has 0 spiro atoms. The van der Waals surface area contributed by atoms with Crippen molar-refractivity contribution in [2.45, 2.75) is 19.6 Å². The summed E-state index contributed by atoms with van der Waals surface area (Å²) in [4.78, 5) is 12.6. The minimum Gasteiger partial charge on any atom is -0.371 e. The summed E-state index contributed by atoms with van der Waals surface area (Å²) in [5.74, 6) is 0. The van der Waals surface area contributed by atoms with Gasteiger partial charge in [-0.2, -0.15) is 0 Å². The van der Waals surface area contributed by atoms with Crippen LogP contribution in [-0.4, -0.2) is 24.3 Å². The smallest absolute Gasteiger partial charge is 0.256 e. The van der Waals surface area contributed by atoms with Crippen molar-refractivity contribution in [1.82, 2.24) is 9.88 Å². The van der Waals surface area contributed by atoms with E-state index in [0.717, 1.165) is 23.0 Å². The summed E-state index contributed by atoms with van der Waals surface area (Å²) in [6.07, 6.45) is -0.136. The van der Waals surface area contributed by atoms with Crippen LogP contribution in [0.3, 0.4) is 0 Å². The number of morpholine rings is 1. The van der Waals surface area contributed by atoms with Gasteiger partial charge in [0.25, 0.3) is 5.56 Å². The first-order valence-corrected chi connectivity index (χ1v) is 6.76. The van der Waals surface area contributed by atoms with E-state index < -0.39 is 0 Å². The van der Waals surface area contributed by atoms with Crippen molar-refractivity contribution in [2.24, 2.45) is 0 Å². The SMILES string of the molecule is CCn1c(=O)c(C2CNCCO2)cc2ccccc21. The normalized spacial score (nSPS) is 19.7. The Morgan fingerprint density at radius 3 is 3.00 bits per heavy atom. The molecule has 0 saturated carbocycles. The first kappa shape index (κ1) is 12.4. The van der Waals surface area contributed by atoms with Gasteiger partial charge in [-0.1, -0.05) is 18.2 Å². The predicted molar refractivity (Wildman–Crippen MR) is 75.4 cm³/mol. The lowest BCUT2D eigenvalue weighted by molar-refractivity contribution is 0.0267. The van der Waals surface area contributed by atoms with E-state index in [1.807, 2.05) is 41.8 Å². The van der Waals surface area contributed by atoms with Crippen LogP contribution in [-0.2, 0) is 11.3 Å². The van der Waals surface area contributed by atoms with Gasteiger partial charge in [0, 0.05) is 25.2 Å². The topological polar surface area (TPSA) is 43.3 Å². The number of hydrogen-bond acceptors (Lipinski definition) is 3. The third kappa shape index (κ3) is 2.17. The summed E-state index contributed by atoms with van der Waals surface area (Å²) in [5, 5.41) is 4.36. The highest BCUT2D eigenvalue weighted by Crippen LogP contribution is 2.20. The van der Waals surface area contributed by atoms with Crippen molar-refractivity contribution in [2.75, 3.05) is 19.7 Å². The Morgan fingerprint density at radius 2 is 2.26 bits per heavy atom. The van der Waals surface area contributed by atoms with Crippen molar-refractivity contribution in [1.29, 1.82) is 0 Å². The van der Waals surface area contributed by atoms with Gasteiger partial charge in [0.15, 0.2) is 0 Å².